The van der Waals surface area contributed by atoms with Gasteiger partial charge >= 0.3 is 5.69 Å². The standard InChI is InChI=1S/C12H15F2N3O2/c1-16(11(6-15)7-2-3-7)10-5-8(13)4-9(14)12(10)17(18)19/h4-5,7,11H,2-3,6,15H2,1H3. The van der Waals surface area contributed by atoms with Crippen LogP contribution in [0.15, 0.2) is 12.1 Å². The molecule has 0 radical (unpaired) electrons. The highest BCUT2D eigenvalue weighted by molar-refractivity contribution is 5.64. The Kier molecular flexibility index (Phi) is 3.66. The molecule has 0 bridgehead atoms. The van der Waals surface area contributed by atoms with Crippen molar-refractivity contribution in [2.24, 2.45) is 11.7 Å². The molecule has 0 saturated heterocycles. The summed E-state index contributed by atoms with van der Waals surface area (Å²) in [6.07, 6.45) is 1.97. The summed E-state index contributed by atoms with van der Waals surface area (Å²) in [5.74, 6) is -1.67. The van der Waals surface area contributed by atoms with Gasteiger partial charge in [0.2, 0.25) is 5.82 Å². The third-order valence-electron chi connectivity index (χ3n) is 3.48. The number of rotatable bonds is 5. The predicted molar refractivity (Wildman–Crippen MR) is 67.0 cm³/mol. The largest absolute Gasteiger partial charge is 0.364 e. The molecule has 1 aliphatic rings. The zero-order valence-corrected chi connectivity index (χ0v) is 10.5. The molecule has 104 valence electrons. The molecule has 19 heavy (non-hydrogen) atoms. The van der Waals surface area contributed by atoms with Crippen molar-refractivity contribution < 1.29 is 13.7 Å². The lowest BCUT2D eigenvalue weighted by Gasteiger charge is -2.28. The number of hydrogen-bond acceptors (Lipinski definition) is 4. The average Bonchev–Trinajstić information content (AvgIpc) is 3.12. The van der Waals surface area contributed by atoms with Crippen LogP contribution in [-0.2, 0) is 0 Å². The van der Waals surface area contributed by atoms with E-state index < -0.39 is 22.2 Å². The van der Waals surface area contributed by atoms with Crippen LogP contribution >= 0.6 is 0 Å². The molecule has 0 heterocycles. The van der Waals surface area contributed by atoms with Crippen molar-refractivity contribution in [1.29, 1.82) is 0 Å². The summed E-state index contributed by atoms with van der Waals surface area (Å²) in [5, 5.41) is 10.9. The summed E-state index contributed by atoms with van der Waals surface area (Å²) in [4.78, 5) is 11.6. The van der Waals surface area contributed by atoms with Gasteiger partial charge < -0.3 is 10.6 Å². The van der Waals surface area contributed by atoms with Crippen LogP contribution in [0.25, 0.3) is 0 Å². The van der Waals surface area contributed by atoms with E-state index >= 15 is 0 Å². The Balaban J connectivity index is 2.44. The summed E-state index contributed by atoms with van der Waals surface area (Å²) in [5.41, 5.74) is 4.88. The SMILES string of the molecule is CN(c1cc(F)cc(F)c1[N+](=O)[O-])C(CN)C1CC1. The fraction of sp³-hybridized carbons (Fsp3) is 0.500. The maximum atomic E-state index is 13.6. The zero-order valence-electron chi connectivity index (χ0n) is 10.5. The molecule has 0 amide bonds. The molecule has 7 heteroatoms. The summed E-state index contributed by atoms with van der Waals surface area (Å²) >= 11 is 0. The molecule has 1 atom stereocenters. The number of halogens is 2. The molecule has 1 saturated carbocycles. The zero-order chi connectivity index (χ0) is 14.2. The highest BCUT2D eigenvalue weighted by atomic mass is 19.1. The molecule has 1 aliphatic carbocycles. The minimum Gasteiger partial charge on any atom is -0.364 e. The predicted octanol–water partition coefficient (Wildman–Crippen LogP) is 2.05. The first kappa shape index (κ1) is 13.7. The second kappa shape index (κ2) is 5.08. The third kappa shape index (κ3) is 2.65. The molecule has 0 aliphatic heterocycles. The maximum Gasteiger partial charge on any atom is 0.328 e. The van der Waals surface area contributed by atoms with Crippen molar-refractivity contribution in [3.8, 4) is 0 Å². The van der Waals surface area contributed by atoms with Gasteiger partial charge in [-0.2, -0.15) is 4.39 Å². The van der Waals surface area contributed by atoms with Crippen LogP contribution < -0.4 is 10.6 Å². The van der Waals surface area contributed by atoms with Crippen LogP contribution in [-0.4, -0.2) is 24.6 Å². The van der Waals surface area contributed by atoms with Gasteiger partial charge in [-0.05, 0) is 18.8 Å². The van der Waals surface area contributed by atoms with Crippen molar-refractivity contribution in [3.63, 3.8) is 0 Å². The highest BCUT2D eigenvalue weighted by Gasteiger charge is 2.36. The minimum atomic E-state index is -1.17. The fourth-order valence-corrected chi connectivity index (χ4v) is 2.33. The number of benzene rings is 1. The summed E-state index contributed by atoms with van der Waals surface area (Å²) in [6, 6.07) is 1.36. The van der Waals surface area contributed by atoms with Gasteiger partial charge in [-0.15, -0.1) is 0 Å². The summed E-state index contributed by atoms with van der Waals surface area (Å²) < 4.78 is 26.9. The van der Waals surface area contributed by atoms with E-state index in [-0.39, 0.29) is 18.3 Å². The van der Waals surface area contributed by atoms with Crippen LogP contribution in [0.3, 0.4) is 0 Å². The van der Waals surface area contributed by atoms with Crippen LogP contribution in [0.2, 0.25) is 0 Å². The molecule has 5 nitrogen and oxygen atoms in total. The molecule has 1 fully saturated rings. The van der Waals surface area contributed by atoms with Crippen LogP contribution in [0.4, 0.5) is 20.2 Å². The third-order valence-corrected chi connectivity index (χ3v) is 3.48. The van der Waals surface area contributed by atoms with Gasteiger partial charge in [-0.25, -0.2) is 4.39 Å². The van der Waals surface area contributed by atoms with Gasteiger partial charge in [-0.1, -0.05) is 0 Å². The Labute approximate surface area is 109 Å². The van der Waals surface area contributed by atoms with Gasteiger partial charge in [0.25, 0.3) is 0 Å². The Bertz CT molecular complexity index is 506. The van der Waals surface area contributed by atoms with Crippen molar-refractivity contribution in [2.45, 2.75) is 18.9 Å². The Morgan fingerprint density at radius 3 is 2.63 bits per heavy atom. The van der Waals surface area contributed by atoms with Crippen LogP contribution in [0.5, 0.6) is 0 Å². The van der Waals surface area contributed by atoms with Crippen molar-refractivity contribution in [1.82, 2.24) is 0 Å². The Morgan fingerprint density at radius 2 is 2.16 bits per heavy atom. The second-order valence-electron chi connectivity index (χ2n) is 4.76. The highest BCUT2D eigenvalue weighted by Crippen LogP contribution is 2.39. The minimum absolute atomic E-state index is 0.0650. The van der Waals surface area contributed by atoms with Crippen molar-refractivity contribution in [3.05, 3.63) is 33.9 Å². The van der Waals surface area contributed by atoms with E-state index in [2.05, 4.69) is 0 Å². The lowest BCUT2D eigenvalue weighted by molar-refractivity contribution is -0.386. The van der Waals surface area contributed by atoms with E-state index in [4.69, 9.17) is 5.73 Å². The monoisotopic (exact) mass is 271 g/mol. The van der Waals surface area contributed by atoms with E-state index in [1.54, 1.807) is 7.05 Å². The quantitative estimate of drug-likeness (QED) is 0.657. The number of hydrogen-bond donors (Lipinski definition) is 1. The number of nitro benzene ring substituents is 1. The van der Waals surface area contributed by atoms with E-state index in [1.165, 1.54) is 4.90 Å². The molecule has 2 N–H and O–H groups in total. The van der Waals surface area contributed by atoms with Crippen molar-refractivity contribution in [2.75, 3.05) is 18.5 Å². The molecular formula is C12H15F2N3O2. The Hall–Kier alpha value is -1.76. The van der Waals surface area contributed by atoms with Crippen molar-refractivity contribution >= 4 is 11.4 Å². The van der Waals surface area contributed by atoms with Gasteiger partial charge in [0.05, 0.1) is 4.92 Å². The molecule has 1 aromatic carbocycles. The topological polar surface area (TPSA) is 72.4 Å². The summed E-state index contributed by atoms with van der Waals surface area (Å²) in [7, 11) is 1.58. The fourth-order valence-electron chi connectivity index (χ4n) is 2.33. The smallest absolute Gasteiger partial charge is 0.328 e. The van der Waals surface area contributed by atoms with Gasteiger partial charge in [-0.3, -0.25) is 10.1 Å². The van der Waals surface area contributed by atoms with E-state index in [0.29, 0.717) is 12.0 Å². The normalized spacial score (nSPS) is 16.2. The maximum absolute atomic E-state index is 13.6. The molecule has 1 unspecified atom stereocenters. The first-order chi connectivity index (χ1) is 8.95. The molecule has 0 aromatic heterocycles. The lowest BCUT2D eigenvalue weighted by atomic mass is 10.1. The van der Waals surface area contributed by atoms with Gasteiger partial charge in [0, 0.05) is 31.8 Å². The summed E-state index contributed by atoms with van der Waals surface area (Å²) in [6.45, 7) is 0.288. The molecule has 1 aromatic rings. The Morgan fingerprint density at radius 1 is 1.53 bits per heavy atom. The van der Waals surface area contributed by atoms with E-state index in [0.717, 1.165) is 18.9 Å². The average molecular weight is 271 g/mol. The molecule has 0 spiro atoms. The van der Waals surface area contributed by atoms with E-state index in [1.807, 2.05) is 0 Å². The second-order valence-corrected chi connectivity index (χ2v) is 4.76. The lowest BCUT2D eigenvalue weighted by Crippen LogP contribution is -2.40. The van der Waals surface area contributed by atoms with Crippen LogP contribution in [0, 0.1) is 27.7 Å². The number of nitro groups is 1. The van der Waals surface area contributed by atoms with Gasteiger partial charge in [0.1, 0.15) is 11.5 Å². The number of nitrogens with two attached hydrogens (primary N) is 1. The number of nitrogens with zero attached hydrogens (tertiary/aromatic N) is 2. The number of likely N-dealkylation sites (N-methyl/N-ethyl adjacent to an activating group) is 1. The molecule has 2 rings (SSSR count). The van der Waals surface area contributed by atoms with E-state index in [9.17, 15) is 18.9 Å². The van der Waals surface area contributed by atoms with Gasteiger partial charge in [0.15, 0.2) is 0 Å². The first-order valence-corrected chi connectivity index (χ1v) is 6.02. The van der Waals surface area contributed by atoms with Crippen LogP contribution in [0.1, 0.15) is 12.8 Å². The first-order valence-electron chi connectivity index (χ1n) is 6.02. The molecular weight excluding hydrogens is 256 g/mol. The number of anilines is 1.